The molecule has 0 aliphatic carbocycles. The molecule has 0 aliphatic heterocycles. The number of methoxy groups -OCH3 is 2. The number of fused-ring (bicyclic) bond motifs is 1. The fourth-order valence-electron chi connectivity index (χ4n) is 2.47. The summed E-state index contributed by atoms with van der Waals surface area (Å²) in [4.78, 5) is 28.7. The van der Waals surface area contributed by atoms with Crippen molar-refractivity contribution < 1.29 is 19.1 Å². The van der Waals surface area contributed by atoms with Gasteiger partial charge in [0, 0.05) is 5.56 Å². The van der Waals surface area contributed by atoms with E-state index in [9.17, 15) is 9.59 Å². The standard InChI is InChI=1S/C19H19N3O4S/c1-25-14-8-7-12(9-15(14)26-2)19(24)21-10-17(23)20-11-18-22-13-5-3-4-6-16(13)27-18/h3-9H,10-11H2,1-2H3,(H,20,23)(H,21,24). The van der Waals surface area contributed by atoms with Crippen LogP contribution in [-0.4, -0.2) is 37.6 Å². The van der Waals surface area contributed by atoms with Crippen molar-refractivity contribution in [1.82, 2.24) is 15.6 Å². The molecule has 0 unspecified atom stereocenters. The second-order valence-corrected chi connectivity index (χ2v) is 6.72. The Labute approximate surface area is 160 Å². The van der Waals surface area contributed by atoms with Crippen LogP contribution in [0.5, 0.6) is 11.5 Å². The molecule has 2 amide bonds. The summed E-state index contributed by atoms with van der Waals surface area (Å²) < 4.78 is 11.4. The molecule has 0 saturated carbocycles. The van der Waals surface area contributed by atoms with E-state index in [1.165, 1.54) is 25.6 Å². The number of para-hydroxylation sites is 1. The fraction of sp³-hybridized carbons (Fsp3) is 0.211. The predicted molar refractivity (Wildman–Crippen MR) is 103 cm³/mol. The summed E-state index contributed by atoms with van der Waals surface area (Å²) in [5, 5.41) is 6.16. The molecule has 0 atom stereocenters. The van der Waals surface area contributed by atoms with E-state index in [0.717, 1.165) is 15.2 Å². The number of aromatic nitrogens is 1. The van der Waals surface area contributed by atoms with E-state index in [0.29, 0.717) is 23.6 Å². The van der Waals surface area contributed by atoms with Crippen molar-refractivity contribution in [2.24, 2.45) is 0 Å². The SMILES string of the molecule is COc1ccc(C(=O)NCC(=O)NCc2nc3ccccc3s2)cc1OC. The molecule has 1 aromatic heterocycles. The Hall–Kier alpha value is -3.13. The third-order valence-corrected chi connectivity index (χ3v) is 4.87. The number of nitrogens with one attached hydrogen (secondary N) is 2. The van der Waals surface area contributed by atoms with Gasteiger partial charge in [-0.3, -0.25) is 9.59 Å². The zero-order chi connectivity index (χ0) is 19.2. The molecule has 2 N–H and O–H groups in total. The largest absolute Gasteiger partial charge is 0.493 e. The molecule has 8 heteroatoms. The quantitative estimate of drug-likeness (QED) is 0.652. The van der Waals surface area contributed by atoms with Crippen molar-refractivity contribution in [3.63, 3.8) is 0 Å². The summed E-state index contributed by atoms with van der Waals surface area (Å²) in [5.74, 6) is 0.322. The topological polar surface area (TPSA) is 89.5 Å². The van der Waals surface area contributed by atoms with Crippen LogP contribution in [0.25, 0.3) is 10.2 Å². The molecule has 0 saturated heterocycles. The molecule has 2 aromatic carbocycles. The Morgan fingerprint density at radius 1 is 1.04 bits per heavy atom. The number of benzene rings is 2. The van der Waals surface area contributed by atoms with Crippen LogP contribution in [0.4, 0.5) is 0 Å². The van der Waals surface area contributed by atoms with E-state index in [1.807, 2.05) is 24.3 Å². The molecule has 27 heavy (non-hydrogen) atoms. The zero-order valence-corrected chi connectivity index (χ0v) is 15.8. The molecule has 7 nitrogen and oxygen atoms in total. The van der Waals surface area contributed by atoms with Gasteiger partial charge in [0.15, 0.2) is 11.5 Å². The molecule has 0 spiro atoms. The van der Waals surface area contributed by atoms with Crippen molar-refractivity contribution in [2.45, 2.75) is 6.54 Å². The van der Waals surface area contributed by atoms with Crippen LogP contribution in [0.2, 0.25) is 0 Å². The zero-order valence-electron chi connectivity index (χ0n) is 14.9. The number of carbonyl (C=O) groups is 2. The van der Waals surface area contributed by atoms with Crippen molar-refractivity contribution in [2.75, 3.05) is 20.8 Å². The Morgan fingerprint density at radius 3 is 2.56 bits per heavy atom. The number of carbonyl (C=O) groups excluding carboxylic acids is 2. The Bertz CT molecular complexity index is 937. The van der Waals surface area contributed by atoms with E-state index >= 15 is 0 Å². The van der Waals surface area contributed by atoms with Crippen LogP contribution in [0.3, 0.4) is 0 Å². The van der Waals surface area contributed by atoms with Gasteiger partial charge in [0.2, 0.25) is 5.91 Å². The van der Waals surface area contributed by atoms with Gasteiger partial charge in [-0.2, -0.15) is 0 Å². The first-order chi connectivity index (χ1) is 13.1. The predicted octanol–water partition coefficient (Wildman–Crippen LogP) is 2.36. The summed E-state index contributed by atoms with van der Waals surface area (Å²) in [6, 6.07) is 12.6. The van der Waals surface area contributed by atoms with Crippen molar-refractivity contribution in [3.05, 3.63) is 53.0 Å². The van der Waals surface area contributed by atoms with Gasteiger partial charge in [0.1, 0.15) is 5.01 Å². The summed E-state index contributed by atoms with van der Waals surface area (Å²) in [6.07, 6.45) is 0. The van der Waals surface area contributed by atoms with Gasteiger partial charge in [-0.1, -0.05) is 12.1 Å². The average Bonchev–Trinajstić information content (AvgIpc) is 3.12. The summed E-state index contributed by atoms with van der Waals surface area (Å²) in [5.41, 5.74) is 1.29. The number of hydrogen-bond donors (Lipinski definition) is 2. The van der Waals surface area contributed by atoms with Gasteiger partial charge < -0.3 is 20.1 Å². The number of amides is 2. The molecule has 3 aromatic rings. The summed E-state index contributed by atoms with van der Waals surface area (Å²) in [6.45, 7) is 0.197. The first-order valence-corrected chi connectivity index (χ1v) is 9.03. The molecule has 0 radical (unpaired) electrons. The third-order valence-electron chi connectivity index (χ3n) is 3.83. The highest BCUT2D eigenvalue weighted by atomic mass is 32.1. The highest BCUT2D eigenvalue weighted by molar-refractivity contribution is 7.18. The Morgan fingerprint density at radius 2 is 1.81 bits per heavy atom. The first-order valence-electron chi connectivity index (χ1n) is 8.22. The lowest BCUT2D eigenvalue weighted by molar-refractivity contribution is -0.120. The average molecular weight is 385 g/mol. The molecular formula is C19H19N3O4S. The van der Waals surface area contributed by atoms with E-state index in [2.05, 4.69) is 15.6 Å². The Kier molecular flexibility index (Phi) is 5.87. The number of rotatable bonds is 7. The van der Waals surface area contributed by atoms with Crippen LogP contribution in [0, 0.1) is 0 Å². The lowest BCUT2D eigenvalue weighted by Crippen LogP contribution is -2.36. The van der Waals surface area contributed by atoms with Gasteiger partial charge in [0.05, 0.1) is 37.5 Å². The van der Waals surface area contributed by atoms with E-state index in [1.54, 1.807) is 18.2 Å². The molecule has 3 rings (SSSR count). The van der Waals surface area contributed by atoms with Crippen molar-refractivity contribution >= 4 is 33.4 Å². The number of ether oxygens (including phenoxy) is 2. The van der Waals surface area contributed by atoms with E-state index in [4.69, 9.17) is 9.47 Å². The molecule has 140 valence electrons. The maximum Gasteiger partial charge on any atom is 0.251 e. The second kappa shape index (κ2) is 8.50. The monoisotopic (exact) mass is 385 g/mol. The van der Waals surface area contributed by atoms with Crippen LogP contribution >= 0.6 is 11.3 Å². The lowest BCUT2D eigenvalue weighted by Gasteiger charge is -2.10. The van der Waals surface area contributed by atoms with Crippen LogP contribution in [0.1, 0.15) is 15.4 Å². The Balaban J connectivity index is 1.51. The van der Waals surface area contributed by atoms with Crippen LogP contribution in [0.15, 0.2) is 42.5 Å². The smallest absolute Gasteiger partial charge is 0.251 e. The number of nitrogens with zero attached hydrogens (tertiary/aromatic N) is 1. The normalized spacial score (nSPS) is 10.4. The molecule has 0 bridgehead atoms. The van der Waals surface area contributed by atoms with Crippen LogP contribution < -0.4 is 20.1 Å². The maximum absolute atomic E-state index is 12.2. The van der Waals surface area contributed by atoms with Crippen molar-refractivity contribution in [3.8, 4) is 11.5 Å². The van der Waals surface area contributed by atoms with Gasteiger partial charge in [-0.05, 0) is 30.3 Å². The highest BCUT2D eigenvalue weighted by Gasteiger charge is 2.12. The number of thiazole rings is 1. The fourth-order valence-corrected chi connectivity index (χ4v) is 3.38. The second-order valence-electron chi connectivity index (χ2n) is 5.60. The molecule has 0 aliphatic rings. The molecular weight excluding hydrogens is 366 g/mol. The lowest BCUT2D eigenvalue weighted by atomic mass is 10.2. The van der Waals surface area contributed by atoms with Gasteiger partial charge >= 0.3 is 0 Å². The van der Waals surface area contributed by atoms with Gasteiger partial charge in [-0.15, -0.1) is 11.3 Å². The number of hydrogen-bond acceptors (Lipinski definition) is 6. The van der Waals surface area contributed by atoms with Gasteiger partial charge in [-0.25, -0.2) is 4.98 Å². The minimum absolute atomic E-state index is 0.127. The van der Waals surface area contributed by atoms with E-state index in [-0.39, 0.29) is 18.4 Å². The van der Waals surface area contributed by atoms with Gasteiger partial charge in [0.25, 0.3) is 5.91 Å². The molecule has 1 heterocycles. The third kappa shape index (κ3) is 4.53. The van der Waals surface area contributed by atoms with Crippen molar-refractivity contribution in [1.29, 1.82) is 0 Å². The minimum atomic E-state index is -0.369. The van der Waals surface area contributed by atoms with Crippen LogP contribution in [-0.2, 0) is 11.3 Å². The maximum atomic E-state index is 12.2. The summed E-state index contributed by atoms with van der Waals surface area (Å²) >= 11 is 1.53. The van der Waals surface area contributed by atoms with E-state index < -0.39 is 0 Å². The first kappa shape index (κ1) is 18.7. The minimum Gasteiger partial charge on any atom is -0.493 e. The summed E-state index contributed by atoms with van der Waals surface area (Å²) in [7, 11) is 3.02. The highest BCUT2D eigenvalue weighted by Crippen LogP contribution is 2.27. The molecule has 0 fully saturated rings.